The van der Waals surface area contributed by atoms with Gasteiger partial charge in [0, 0.05) is 12.2 Å². The summed E-state index contributed by atoms with van der Waals surface area (Å²) in [6, 6.07) is 23.6. The molecule has 28 heavy (non-hydrogen) atoms. The van der Waals surface area contributed by atoms with Gasteiger partial charge in [-0.05, 0) is 59.2 Å². The zero-order chi connectivity index (χ0) is 19.8. The number of benzene rings is 3. The molecule has 0 amide bonds. The van der Waals surface area contributed by atoms with Crippen LogP contribution in [-0.2, 0) is 11.3 Å². The van der Waals surface area contributed by atoms with Gasteiger partial charge in [-0.1, -0.05) is 42.5 Å². The maximum absolute atomic E-state index is 11.5. The molecule has 3 aromatic carbocycles. The summed E-state index contributed by atoms with van der Waals surface area (Å²) in [7, 11) is 3.04. The van der Waals surface area contributed by atoms with Crippen molar-refractivity contribution in [1.82, 2.24) is 0 Å². The van der Waals surface area contributed by atoms with E-state index in [2.05, 4.69) is 29.6 Å². The topological polar surface area (TPSA) is 47.6 Å². The highest BCUT2D eigenvalue weighted by molar-refractivity contribution is 5.89. The van der Waals surface area contributed by atoms with Gasteiger partial charge in [-0.15, -0.1) is 0 Å². The van der Waals surface area contributed by atoms with Crippen molar-refractivity contribution in [1.29, 1.82) is 0 Å². The van der Waals surface area contributed by atoms with E-state index in [0.29, 0.717) is 5.56 Å². The first kappa shape index (κ1) is 19.2. The maximum atomic E-state index is 11.5. The van der Waals surface area contributed by atoms with E-state index in [1.807, 2.05) is 48.5 Å². The molecule has 4 nitrogen and oxygen atoms in total. The van der Waals surface area contributed by atoms with Crippen molar-refractivity contribution in [2.24, 2.45) is 0 Å². The van der Waals surface area contributed by atoms with Gasteiger partial charge in [0.05, 0.1) is 19.8 Å². The van der Waals surface area contributed by atoms with E-state index in [4.69, 9.17) is 9.47 Å². The summed E-state index contributed by atoms with van der Waals surface area (Å²) in [4.78, 5) is 11.5. The summed E-state index contributed by atoms with van der Waals surface area (Å²) in [5.41, 5.74) is 4.93. The minimum Gasteiger partial charge on any atom is -0.497 e. The molecule has 1 N–H and O–H groups in total. The van der Waals surface area contributed by atoms with Crippen LogP contribution in [0, 0.1) is 0 Å². The molecule has 0 fully saturated rings. The van der Waals surface area contributed by atoms with E-state index >= 15 is 0 Å². The standard InChI is InChI=1S/C24H23NO3/c1-27-23-14-12-22(13-15-23)25-17-20-5-3-4-19(16-20)7-6-18-8-10-21(11-9-18)24(26)28-2/h3-16,25H,17H2,1-2H3/b7-6-. The molecule has 0 saturated carbocycles. The van der Waals surface area contributed by atoms with Crippen molar-refractivity contribution in [3.63, 3.8) is 0 Å². The molecule has 0 radical (unpaired) electrons. The molecule has 0 heterocycles. The van der Waals surface area contributed by atoms with Crippen molar-refractivity contribution in [2.75, 3.05) is 19.5 Å². The largest absolute Gasteiger partial charge is 0.497 e. The third-order valence-electron chi connectivity index (χ3n) is 4.34. The Balaban J connectivity index is 1.62. The Labute approximate surface area is 165 Å². The molecule has 0 saturated heterocycles. The van der Waals surface area contributed by atoms with Crippen LogP contribution in [0.2, 0.25) is 0 Å². The first-order chi connectivity index (χ1) is 13.7. The summed E-state index contributed by atoms with van der Waals surface area (Å²) in [5.74, 6) is 0.518. The average Bonchev–Trinajstić information content (AvgIpc) is 2.76. The number of rotatable bonds is 7. The normalized spacial score (nSPS) is 10.6. The van der Waals surface area contributed by atoms with Crippen LogP contribution in [-0.4, -0.2) is 20.2 Å². The van der Waals surface area contributed by atoms with Crippen LogP contribution in [0.25, 0.3) is 12.2 Å². The monoisotopic (exact) mass is 373 g/mol. The van der Waals surface area contributed by atoms with Crippen LogP contribution < -0.4 is 10.1 Å². The molecular weight excluding hydrogens is 350 g/mol. The number of hydrogen-bond donors (Lipinski definition) is 1. The predicted molar refractivity (Wildman–Crippen MR) is 113 cm³/mol. The Hall–Kier alpha value is -3.53. The van der Waals surface area contributed by atoms with Crippen molar-refractivity contribution < 1.29 is 14.3 Å². The Morgan fingerprint density at radius 3 is 2.29 bits per heavy atom. The van der Waals surface area contributed by atoms with Crippen molar-refractivity contribution in [3.05, 3.63) is 95.1 Å². The van der Waals surface area contributed by atoms with Gasteiger partial charge in [0.25, 0.3) is 0 Å². The van der Waals surface area contributed by atoms with Gasteiger partial charge >= 0.3 is 5.97 Å². The number of methoxy groups -OCH3 is 2. The average molecular weight is 373 g/mol. The Bertz CT molecular complexity index is 944. The van der Waals surface area contributed by atoms with Crippen molar-refractivity contribution in [2.45, 2.75) is 6.54 Å². The fourth-order valence-corrected chi connectivity index (χ4v) is 2.76. The maximum Gasteiger partial charge on any atom is 0.337 e. The first-order valence-electron chi connectivity index (χ1n) is 9.01. The number of hydrogen-bond acceptors (Lipinski definition) is 4. The first-order valence-corrected chi connectivity index (χ1v) is 9.01. The van der Waals surface area contributed by atoms with Crippen LogP contribution in [0.4, 0.5) is 5.69 Å². The highest BCUT2D eigenvalue weighted by atomic mass is 16.5. The van der Waals surface area contributed by atoms with Gasteiger partial charge in [0.2, 0.25) is 0 Å². The minimum atomic E-state index is -0.326. The summed E-state index contributed by atoms with van der Waals surface area (Å²) in [6.45, 7) is 0.738. The number of nitrogens with one attached hydrogen (secondary N) is 1. The number of esters is 1. The summed E-state index contributed by atoms with van der Waals surface area (Å²) >= 11 is 0. The number of anilines is 1. The molecule has 0 aliphatic heterocycles. The van der Waals surface area contributed by atoms with Gasteiger partial charge in [-0.3, -0.25) is 0 Å². The molecule has 0 atom stereocenters. The fraction of sp³-hybridized carbons (Fsp3) is 0.125. The second-order valence-corrected chi connectivity index (χ2v) is 6.27. The fourth-order valence-electron chi connectivity index (χ4n) is 2.76. The number of ether oxygens (including phenoxy) is 2. The summed E-state index contributed by atoms with van der Waals surface area (Å²) < 4.78 is 9.89. The van der Waals surface area contributed by atoms with Crippen molar-refractivity contribution in [3.8, 4) is 5.75 Å². The number of carbonyl (C=O) groups is 1. The van der Waals surface area contributed by atoms with E-state index in [9.17, 15) is 4.79 Å². The lowest BCUT2D eigenvalue weighted by Crippen LogP contribution is -2.00. The van der Waals surface area contributed by atoms with Crippen LogP contribution in [0.5, 0.6) is 5.75 Å². The van der Waals surface area contributed by atoms with Gasteiger partial charge in [0.1, 0.15) is 5.75 Å². The zero-order valence-corrected chi connectivity index (χ0v) is 16.0. The highest BCUT2D eigenvalue weighted by Crippen LogP contribution is 2.17. The second-order valence-electron chi connectivity index (χ2n) is 6.27. The predicted octanol–water partition coefficient (Wildman–Crippen LogP) is 5.26. The SMILES string of the molecule is COC(=O)c1ccc(/C=C\c2cccc(CNc3ccc(OC)cc3)c2)cc1. The highest BCUT2D eigenvalue weighted by Gasteiger charge is 2.03. The Kier molecular flexibility index (Phi) is 6.47. The molecule has 3 aromatic rings. The van der Waals surface area contributed by atoms with E-state index in [-0.39, 0.29) is 5.97 Å². The zero-order valence-electron chi connectivity index (χ0n) is 16.0. The minimum absolute atomic E-state index is 0.326. The van der Waals surface area contributed by atoms with Crippen molar-refractivity contribution >= 4 is 23.8 Å². The molecule has 0 unspecified atom stereocenters. The molecule has 0 aromatic heterocycles. The molecule has 0 aliphatic rings. The molecule has 4 heteroatoms. The quantitative estimate of drug-likeness (QED) is 0.453. The van der Waals surface area contributed by atoms with E-state index in [1.165, 1.54) is 12.7 Å². The third kappa shape index (κ3) is 5.24. The van der Waals surface area contributed by atoms with Gasteiger partial charge in [0.15, 0.2) is 0 Å². The molecule has 3 rings (SSSR count). The molecular formula is C24H23NO3. The Morgan fingerprint density at radius 2 is 1.61 bits per heavy atom. The van der Waals surface area contributed by atoms with Gasteiger partial charge in [-0.2, -0.15) is 0 Å². The third-order valence-corrected chi connectivity index (χ3v) is 4.34. The second kappa shape index (κ2) is 9.42. The smallest absolute Gasteiger partial charge is 0.337 e. The number of carbonyl (C=O) groups excluding carboxylic acids is 1. The van der Waals surface area contributed by atoms with E-state index in [1.54, 1.807) is 19.2 Å². The van der Waals surface area contributed by atoms with Crippen LogP contribution in [0.15, 0.2) is 72.8 Å². The Morgan fingerprint density at radius 1 is 0.893 bits per heavy atom. The van der Waals surface area contributed by atoms with Crippen LogP contribution >= 0.6 is 0 Å². The lowest BCUT2D eigenvalue weighted by molar-refractivity contribution is 0.0600. The van der Waals surface area contributed by atoms with E-state index < -0.39 is 0 Å². The molecule has 142 valence electrons. The molecule has 0 spiro atoms. The van der Waals surface area contributed by atoms with Gasteiger partial charge < -0.3 is 14.8 Å². The summed E-state index contributed by atoms with van der Waals surface area (Å²) in [6.07, 6.45) is 4.08. The summed E-state index contributed by atoms with van der Waals surface area (Å²) in [5, 5.41) is 3.41. The van der Waals surface area contributed by atoms with Crippen LogP contribution in [0.3, 0.4) is 0 Å². The lowest BCUT2D eigenvalue weighted by Gasteiger charge is -2.08. The van der Waals surface area contributed by atoms with Crippen LogP contribution in [0.1, 0.15) is 27.0 Å². The molecule has 0 bridgehead atoms. The lowest BCUT2D eigenvalue weighted by atomic mass is 10.1. The van der Waals surface area contributed by atoms with E-state index in [0.717, 1.165) is 29.1 Å². The van der Waals surface area contributed by atoms with Gasteiger partial charge in [-0.25, -0.2) is 4.79 Å². The molecule has 0 aliphatic carbocycles.